The number of rotatable bonds is 5. The van der Waals surface area contributed by atoms with Gasteiger partial charge in [-0.15, -0.1) is 0 Å². The van der Waals surface area contributed by atoms with Gasteiger partial charge >= 0.3 is 6.09 Å². The highest BCUT2D eigenvalue weighted by atomic mass is 32.2. The number of fused-ring (bicyclic) bond motifs is 5. The lowest BCUT2D eigenvalue weighted by Gasteiger charge is -2.39. The third kappa shape index (κ3) is 6.97. The van der Waals surface area contributed by atoms with E-state index >= 15 is 0 Å². The first-order valence-corrected chi connectivity index (χ1v) is 20.1. The molecule has 2 aliphatic carbocycles. The number of para-hydroxylation sites is 1. The van der Waals surface area contributed by atoms with Crippen LogP contribution in [0.2, 0.25) is 0 Å². The largest absolute Gasteiger partial charge is 0.483 e. The first-order chi connectivity index (χ1) is 25.1. The van der Waals surface area contributed by atoms with E-state index in [1.807, 2.05) is 36.4 Å². The molecule has 2 saturated carbocycles. The normalized spacial score (nSPS) is 31.5. The Morgan fingerprint density at radius 1 is 1.11 bits per heavy atom. The summed E-state index contributed by atoms with van der Waals surface area (Å²) in [4.78, 5) is 62.0. The average molecular weight is 752 g/mol. The van der Waals surface area contributed by atoms with E-state index in [1.54, 1.807) is 27.7 Å². The molecule has 4 N–H and O–H groups in total. The highest BCUT2D eigenvalue weighted by Crippen LogP contribution is 2.50. The fourth-order valence-corrected chi connectivity index (χ4v) is 9.43. The molecular weight excluding hydrogens is 703 g/mol. The number of hydrogen-bond donors (Lipinski definition) is 4. The Labute approximate surface area is 309 Å². The number of nitrogens with zero attached hydrogens (tertiary/aromatic N) is 2. The predicted molar refractivity (Wildman–Crippen MR) is 194 cm³/mol. The number of aliphatic hydroxyl groups is 1. The van der Waals surface area contributed by atoms with Crippen molar-refractivity contribution in [1.82, 2.24) is 25.2 Å². The van der Waals surface area contributed by atoms with Gasteiger partial charge in [-0.3, -0.25) is 19.1 Å². The van der Waals surface area contributed by atoms with E-state index in [-0.39, 0.29) is 25.8 Å². The number of aliphatic hydroxyl groups excluding tert-OH is 1. The van der Waals surface area contributed by atoms with Crippen molar-refractivity contribution in [1.29, 1.82) is 0 Å². The molecule has 1 aromatic heterocycles. The second-order valence-electron chi connectivity index (χ2n) is 16.0. The van der Waals surface area contributed by atoms with Crippen LogP contribution in [0.4, 0.5) is 4.79 Å². The molecule has 1 unspecified atom stereocenters. The molecule has 4 amide bonds. The predicted octanol–water partition coefficient (Wildman–Crippen LogP) is 3.60. The molecule has 1 spiro atoms. The van der Waals surface area contributed by atoms with Crippen molar-refractivity contribution < 1.29 is 42.2 Å². The number of pyridine rings is 1. The zero-order chi connectivity index (χ0) is 37.9. The average Bonchev–Trinajstić information content (AvgIpc) is 3.98. The summed E-state index contributed by atoms with van der Waals surface area (Å²) in [5, 5.41) is 18.1. The van der Waals surface area contributed by atoms with Gasteiger partial charge < -0.3 is 30.1 Å². The molecular formula is C38H49N5O9S. The van der Waals surface area contributed by atoms with Crippen LogP contribution in [0.1, 0.15) is 102 Å². The van der Waals surface area contributed by atoms with Crippen LogP contribution in [-0.4, -0.2) is 87.8 Å². The minimum atomic E-state index is -4.01. The maximum Gasteiger partial charge on any atom is 0.408 e. The van der Waals surface area contributed by atoms with E-state index in [9.17, 15) is 32.7 Å². The Kier molecular flexibility index (Phi) is 9.49. The van der Waals surface area contributed by atoms with E-state index in [1.165, 1.54) is 4.90 Å². The first-order valence-electron chi connectivity index (χ1n) is 18.7. The van der Waals surface area contributed by atoms with Crippen LogP contribution in [0.5, 0.6) is 5.75 Å². The molecule has 7 rings (SSSR count). The minimum absolute atomic E-state index is 0.0366. The zero-order valence-corrected chi connectivity index (χ0v) is 31.5. The quantitative estimate of drug-likeness (QED) is 0.328. The van der Waals surface area contributed by atoms with E-state index in [2.05, 4.69) is 15.4 Å². The van der Waals surface area contributed by atoms with Crippen molar-refractivity contribution in [3.05, 3.63) is 47.7 Å². The Hall–Kier alpha value is -4.24. The van der Waals surface area contributed by atoms with Gasteiger partial charge in [0.25, 0.3) is 5.91 Å². The zero-order valence-electron chi connectivity index (χ0n) is 30.6. The van der Waals surface area contributed by atoms with Gasteiger partial charge in [0, 0.05) is 29.7 Å². The Morgan fingerprint density at radius 2 is 1.87 bits per heavy atom. The lowest BCUT2D eigenvalue weighted by Crippen LogP contribution is -2.58. The van der Waals surface area contributed by atoms with Crippen LogP contribution in [0.25, 0.3) is 10.9 Å². The van der Waals surface area contributed by atoms with Gasteiger partial charge in [-0.25, -0.2) is 18.2 Å². The summed E-state index contributed by atoms with van der Waals surface area (Å²) in [5.41, 5.74) is -0.942. The van der Waals surface area contributed by atoms with Gasteiger partial charge in [-0.2, -0.15) is 0 Å². The first kappa shape index (κ1) is 37.1. The smallest absolute Gasteiger partial charge is 0.408 e. The standard InChI is InChI=1S/C38H49N5O9S/c1-22(2)51-35(48)40-27-15-9-7-5-6-8-12-24-18-38(24,34(47)42-53(49,50)36(4)16-17-36)41-32(45)28-19-37(21-43(28)33(27)46)20-29(44)30-25-13-10-11-14-26(25)39-23(3)31(30)52-37/h8,10-14,22,24,27-29,44H,5-7,9,15-21H2,1-4H3,(H,40,48)(H,41,45)(H,42,47)/b12-8-/t24-,27+,28+,29?,37+,38-/m1/s1. The fraction of sp³-hybridized carbons (Fsp3) is 0.605. The molecule has 0 radical (unpaired) electrons. The number of hydrogen-bond acceptors (Lipinski definition) is 10. The number of aryl methyl sites for hydroxylation is 1. The molecule has 14 nitrogen and oxygen atoms in total. The van der Waals surface area contributed by atoms with Gasteiger partial charge in [0.05, 0.1) is 34.7 Å². The van der Waals surface area contributed by atoms with Crippen molar-refractivity contribution in [3.63, 3.8) is 0 Å². The Morgan fingerprint density at radius 3 is 2.60 bits per heavy atom. The molecule has 4 heterocycles. The number of amides is 4. The lowest BCUT2D eigenvalue weighted by molar-refractivity contribution is -0.141. The summed E-state index contributed by atoms with van der Waals surface area (Å²) in [7, 11) is -4.01. The molecule has 3 fully saturated rings. The number of alkyl carbamates (subject to hydrolysis) is 1. The van der Waals surface area contributed by atoms with Crippen LogP contribution < -0.4 is 20.1 Å². The SMILES string of the molecule is Cc1nc2ccccc2c2c1O[C@]1(CC2O)C[C@H]2C(=O)N[C@]3(C(=O)NS(=O)(=O)C4(C)CC4)C[C@H]3/C=C\CCCCC[C@H](NC(=O)OC(C)C)C(=O)N2C1. The third-order valence-electron chi connectivity index (χ3n) is 11.5. The number of aromatic nitrogens is 1. The lowest BCUT2D eigenvalue weighted by atomic mass is 9.85. The van der Waals surface area contributed by atoms with E-state index in [0.29, 0.717) is 54.6 Å². The maximum absolute atomic E-state index is 14.6. The molecule has 0 bridgehead atoms. The number of benzene rings is 1. The molecule has 3 aliphatic heterocycles. The maximum atomic E-state index is 14.6. The second-order valence-corrected chi connectivity index (χ2v) is 18.2. The number of nitrogens with one attached hydrogen (secondary N) is 3. The highest BCUT2D eigenvalue weighted by molar-refractivity contribution is 7.91. The minimum Gasteiger partial charge on any atom is -0.483 e. The molecule has 2 aromatic rings. The number of carbonyl (C=O) groups is 4. The van der Waals surface area contributed by atoms with Gasteiger partial charge in [-0.1, -0.05) is 43.2 Å². The van der Waals surface area contributed by atoms with E-state index in [4.69, 9.17) is 14.5 Å². The van der Waals surface area contributed by atoms with Crippen LogP contribution in [0.15, 0.2) is 36.4 Å². The van der Waals surface area contributed by atoms with E-state index < -0.39 is 79.9 Å². The summed E-state index contributed by atoms with van der Waals surface area (Å²) in [5.74, 6) is -2.07. The third-order valence-corrected chi connectivity index (χ3v) is 13.7. The highest BCUT2D eigenvalue weighted by Gasteiger charge is 2.64. The van der Waals surface area contributed by atoms with Crippen molar-refractivity contribution in [2.75, 3.05) is 6.54 Å². The van der Waals surface area contributed by atoms with E-state index in [0.717, 1.165) is 18.2 Å². The topological polar surface area (TPSA) is 193 Å². The second kappa shape index (κ2) is 13.6. The molecule has 15 heteroatoms. The summed E-state index contributed by atoms with van der Waals surface area (Å²) >= 11 is 0. The van der Waals surface area contributed by atoms with Crippen molar-refractivity contribution in [2.45, 2.75) is 132 Å². The molecule has 1 aromatic carbocycles. The summed E-state index contributed by atoms with van der Waals surface area (Å²) in [6.07, 6.45) is 5.76. The Balaban J connectivity index is 1.25. The van der Waals surface area contributed by atoms with Crippen molar-refractivity contribution in [2.24, 2.45) is 5.92 Å². The van der Waals surface area contributed by atoms with Crippen LogP contribution in [0, 0.1) is 12.8 Å². The monoisotopic (exact) mass is 751 g/mol. The summed E-state index contributed by atoms with van der Waals surface area (Å²) in [6.45, 7) is 6.67. The van der Waals surface area contributed by atoms with Gasteiger partial charge in [-0.05, 0) is 72.3 Å². The number of ether oxygens (including phenoxy) is 2. The number of allylic oxidation sites excluding steroid dienone is 1. The molecule has 5 aliphatic rings. The molecule has 53 heavy (non-hydrogen) atoms. The van der Waals surface area contributed by atoms with Gasteiger partial charge in [0.15, 0.2) is 0 Å². The van der Waals surface area contributed by atoms with Crippen molar-refractivity contribution in [3.8, 4) is 5.75 Å². The molecule has 6 atom stereocenters. The van der Waals surface area contributed by atoms with Crippen LogP contribution >= 0.6 is 0 Å². The molecule has 286 valence electrons. The number of sulfonamides is 1. The van der Waals surface area contributed by atoms with Crippen LogP contribution in [-0.2, 0) is 29.1 Å². The van der Waals surface area contributed by atoms with Gasteiger partial charge in [0.2, 0.25) is 21.8 Å². The number of carbonyl (C=O) groups excluding carboxylic acids is 4. The Bertz CT molecular complexity index is 1980. The summed E-state index contributed by atoms with van der Waals surface area (Å²) in [6, 6.07) is 5.22. The fourth-order valence-electron chi connectivity index (χ4n) is 8.12. The van der Waals surface area contributed by atoms with Crippen LogP contribution in [0.3, 0.4) is 0 Å². The summed E-state index contributed by atoms with van der Waals surface area (Å²) < 4.78 is 39.6. The van der Waals surface area contributed by atoms with Crippen molar-refractivity contribution >= 4 is 44.7 Å². The van der Waals surface area contributed by atoms with Gasteiger partial charge in [0.1, 0.15) is 29.0 Å². The molecule has 1 saturated heterocycles.